The van der Waals surface area contributed by atoms with Gasteiger partial charge in [-0.3, -0.25) is 0 Å². The van der Waals surface area contributed by atoms with Crippen molar-refractivity contribution in [3.8, 4) is 22.2 Å². The maximum absolute atomic E-state index is 5.71. The normalized spacial score (nSPS) is 11.0. The first-order chi connectivity index (χ1) is 11.8. The molecule has 3 heterocycles. The van der Waals surface area contributed by atoms with E-state index in [9.17, 15) is 0 Å². The van der Waals surface area contributed by atoms with Crippen molar-refractivity contribution in [2.75, 3.05) is 0 Å². The first-order valence-electron chi connectivity index (χ1n) is 7.29. The van der Waals surface area contributed by atoms with Gasteiger partial charge in [-0.25, -0.2) is 4.98 Å². The van der Waals surface area contributed by atoms with Gasteiger partial charge in [-0.05, 0) is 30.5 Å². The number of hydrogen-bond donors (Lipinski definition) is 0. The molecule has 0 radical (unpaired) electrons. The van der Waals surface area contributed by atoms with E-state index in [1.807, 2.05) is 48.7 Å². The molecule has 0 fully saturated rings. The van der Waals surface area contributed by atoms with Gasteiger partial charge in [-0.1, -0.05) is 35.5 Å². The van der Waals surface area contributed by atoms with Gasteiger partial charge in [0, 0.05) is 11.3 Å². The molecule has 0 atom stereocenters. The van der Waals surface area contributed by atoms with Crippen LogP contribution in [0.15, 0.2) is 62.1 Å². The van der Waals surface area contributed by atoms with Crippen LogP contribution in [0.3, 0.4) is 0 Å². The van der Waals surface area contributed by atoms with Crippen molar-refractivity contribution in [3.05, 3.63) is 59.3 Å². The molecule has 3 aromatic heterocycles. The Balaban J connectivity index is 1.43. The van der Waals surface area contributed by atoms with Crippen molar-refractivity contribution in [1.29, 1.82) is 0 Å². The monoisotopic (exact) mass is 355 g/mol. The third-order valence-electron chi connectivity index (χ3n) is 3.30. The van der Waals surface area contributed by atoms with Gasteiger partial charge in [0.05, 0.1) is 10.6 Å². The predicted octanol–water partition coefficient (Wildman–Crippen LogP) is 5.05. The molecule has 0 saturated heterocycles. The second-order valence-corrected chi connectivity index (χ2v) is 7.03. The van der Waals surface area contributed by atoms with Crippen LogP contribution in [-0.2, 0) is 5.75 Å². The van der Waals surface area contributed by atoms with Crippen LogP contribution >= 0.6 is 23.1 Å². The van der Waals surface area contributed by atoms with E-state index in [2.05, 4.69) is 15.2 Å². The van der Waals surface area contributed by atoms with E-state index in [4.69, 9.17) is 8.83 Å². The summed E-state index contributed by atoms with van der Waals surface area (Å²) in [5.74, 6) is 1.79. The lowest BCUT2D eigenvalue weighted by molar-refractivity contribution is 0.465. The molecule has 4 rings (SSSR count). The molecule has 0 bridgehead atoms. The third kappa shape index (κ3) is 3.27. The number of aryl methyl sites for hydroxylation is 1. The van der Waals surface area contributed by atoms with Crippen LogP contribution in [0.25, 0.3) is 22.2 Å². The van der Waals surface area contributed by atoms with E-state index < -0.39 is 0 Å². The minimum atomic E-state index is 0.521. The minimum absolute atomic E-state index is 0.521. The molecule has 5 nitrogen and oxygen atoms in total. The highest BCUT2D eigenvalue weighted by atomic mass is 32.2. The number of rotatable bonds is 5. The molecule has 0 amide bonds. The number of thioether (sulfide) groups is 1. The molecule has 120 valence electrons. The van der Waals surface area contributed by atoms with Crippen LogP contribution in [0.2, 0.25) is 0 Å². The Hall–Kier alpha value is -2.38. The molecular weight excluding hydrogens is 342 g/mol. The molecule has 0 aliphatic rings. The molecule has 0 aliphatic carbocycles. The topological polar surface area (TPSA) is 65.0 Å². The summed E-state index contributed by atoms with van der Waals surface area (Å²) in [7, 11) is 0. The summed E-state index contributed by atoms with van der Waals surface area (Å²) in [5, 5.41) is 10.7. The molecule has 24 heavy (non-hydrogen) atoms. The highest BCUT2D eigenvalue weighted by molar-refractivity contribution is 7.98. The summed E-state index contributed by atoms with van der Waals surface area (Å²) >= 11 is 3.05. The number of thiophene rings is 1. The highest BCUT2D eigenvalue weighted by Gasteiger charge is 2.12. The zero-order valence-electron chi connectivity index (χ0n) is 12.8. The standard InChI is InChI=1S/C17H13N3O2S2/c1-11-4-2-5-12(8-11)15-19-20-17(22-15)24-10-13-9-21-16(18-13)14-6-3-7-23-14/h2-9H,10H2,1H3. The summed E-state index contributed by atoms with van der Waals surface area (Å²) in [6.07, 6.45) is 1.67. The molecular formula is C17H13N3O2S2. The average Bonchev–Trinajstić information content (AvgIpc) is 3.33. The van der Waals surface area contributed by atoms with E-state index in [1.54, 1.807) is 17.6 Å². The number of hydrogen-bond acceptors (Lipinski definition) is 7. The molecule has 4 aromatic rings. The largest absolute Gasteiger partial charge is 0.444 e. The van der Waals surface area contributed by atoms with Gasteiger partial charge in [0.2, 0.25) is 11.8 Å². The Kier molecular flexibility index (Phi) is 4.18. The Labute approximate surface area is 146 Å². The van der Waals surface area contributed by atoms with Gasteiger partial charge in [-0.2, -0.15) is 0 Å². The van der Waals surface area contributed by atoms with E-state index in [-0.39, 0.29) is 0 Å². The quantitative estimate of drug-likeness (QED) is 0.467. The van der Waals surface area contributed by atoms with E-state index in [1.165, 1.54) is 11.8 Å². The van der Waals surface area contributed by atoms with Crippen LogP contribution in [0.5, 0.6) is 0 Å². The fraction of sp³-hybridized carbons (Fsp3) is 0.118. The second-order valence-electron chi connectivity index (χ2n) is 5.15. The Morgan fingerprint density at radius 2 is 2.08 bits per heavy atom. The SMILES string of the molecule is Cc1cccc(-c2nnc(SCc3coc(-c4cccs4)n3)o2)c1. The molecule has 0 aliphatic heterocycles. The van der Waals surface area contributed by atoms with E-state index in [0.29, 0.717) is 22.8 Å². The van der Waals surface area contributed by atoms with Gasteiger partial charge >= 0.3 is 0 Å². The number of oxazole rings is 1. The van der Waals surface area contributed by atoms with Gasteiger partial charge < -0.3 is 8.83 Å². The summed E-state index contributed by atoms with van der Waals surface area (Å²) in [6.45, 7) is 2.03. The van der Waals surface area contributed by atoms with Crippen molar-refractivity contribution in [2.45, 2.75) is 17.9 Å². The zero-order chi connectivity index (χ0) is 16.4. The Morgan fingerprint density at radius 1 is 1.12 bits per heavy atom. The van der Waals surface area contributed by atoms with Gasteiger partial charge in [0.1, 0.15) is 6.26 Å². The minimum Gasteiger partial charge on any atom is -0.444 e. The maximum atomic E-state index is 5.71. The van der Waals surface area contributed by atoms with E-state index >= 15 is 0 Å². The average molecular weight is 355 g/mol. The van der Waals surface area contributed by atoms with Crippen LogP contribution in [-0.4, -0.2) is 15.2 Å². The fourth-order valence-corrected chi connectivity index (χ4v) is 3.48. The van der Waals surface area contributed by atoms with Crippen molar-refractivity contribution in [1.82, 2.24) is 15.2 Å². The maximum Gasteiger partial charge on any atom is 0.277 e. The summed E-state index contributed by atoms with van der Waals surface area (Å²) < 4.78 is 11.2. The Bertz CT molecular complexity index is 944. The number of aromatic nitrogens is 3. The number of nitrogens with zero attached hydrogens (tertiary/aromatic N) is 3. The molecule has 7 heteroatoms. The third-order valence-corrected chi connectivity index (χ3v) is 5.01. The smallest absolute Gasteiger partial charge is 0.277 e. The van der Waals surface area contributed by atoms with Crippen LogP contribution < -0.4 is 0 Å². The second kappa shape index (κ2) is 6.62. The van der Waals surface area contributed by atoms with Crippen molar-refractivity contribution < 1.29 is 8.83 Å². The zero-order valence-corrected chi connectivity index (χ0v) is 14.4. The van der Waals surface area contributed by atoms with E-state index in [0.717, 1.165) is 21.7 Å². The predicted molar refractivity (Wildman–Crippen MR) is 93.8 cm³/mol. The van der Waals surface area contributed by atoms with Crippen molar-refractivity contribution >= 4 is 23.1 Å². The van der Waals surface area contributed by atoms with Crippen LogP contribution in [0, 0.1) is 6.92 Å². The molecule has 0 spiro atoms. The lowest BCUT2D eigenvalue weighted by Gasteiger charge is -1.96. The lowest BCUT2D eigenvalue weighted by atomic mass is 10.1. The summed E-state index contributed by atoms with van der Waals surface area (Å²) in [6, 6.07) is 11.9. The first kappa shape index (κ1) is 15.2. The first-order valence-corrected chi connectivity index (χ1v) is 9.16. The molecule has 0 unspecified atom stereocenters. The summed E-state index contributed by atoms with van der Waals surface area (Å²) in [5.41, 5.74) is 2.93. The van der Waals surface area contributed by atoms with Gasteiger partial charge in [0.25, 0.3) is 5.22 Å². The van der Waals surface area contributed by atoms with Gasteiger partial charge in [-0.15, -0.1) is 21.5 Å². The summed E-state index contributed by atoms with van der Waals surface area (Å²) in [4.78, 5) is 5.50. The van der Waals surface area contributed by atoms with Crippen molar-refractivity contribution in [2.24, 2.45) is 0 Å². The highest BCUT2D eigenvalue weighted by Crippen LogP contribution is 2.28. The molecule has 0 saturated carbocycles. The Morgan fingerprint density at radius 3 is 2.92 bits per heavy atom. The van der Waals surface area contributed by atoms with Crippen LogP contribution in [0.1, 0.15) is 11.3 Å². The number of benzene rings is 1. The molecule has 0 N–H and O–H groups in total. The van der Waals surface area contributed by atoms with Gasteiger partial charge in [0.15, 0.2) is 0 Å². The molecule has 1 aromatic carbocycles. The lowest BCUT2D eigenvalue weighted by Crippen LogP contribution is -1.81. The fourth-order valence-electron chi connectivity index (χ4n) is 2.19. The van der Waals surface area contributed by atoms with Crippen molar-refractivity contribution in [3.63, 3.8) is 0 Å². The van der Waals surface area contributed by atoms with Crippen LogP contribution in [0.4, 0.5) is 0 Å².